The minimum atomic E-state index is -0.982. The van der Waals surface area contributed by atoms with Gasteiger partial charge in [-0.15, -0.1) is 6.58 Å². The first-order chi connectivity index (χ1) is 19.1. The van der Waals surface area contributed by atoms with E-state index in [0.717, 1.165) is 44.9 Å². The largest absolute Gasteiger partial charge is 0.449 e. The van der Waals surface area contributed by atoms with Gasteiger partial charge in [-0.2, -0.15) is 0 Å². The number of hydrogen-bond donors (Lipinski definition) is 3. The molecule has 3 saturated carbocycles. The molecule has 4 amide bonds. The van der Waals surface area contributed by atoms with Gasteiger partial charge in [-0.05, 0) is 61.2 Å². The molecule has 1 saturated heterocycles. The van der Waals surface area contributed by atoms with E-state index in [9.17, 15) is 24.0 Å². The van der Waals surface area contributed by atoms with Crippen LogP contribution < -0.4 is 16.0 Å². The van der Waals surface area contributed by atoms with Gasteiger partial charge < -0.3 is 25.6 Å². The van der Waals surface area contributed by atoms with Crippen molar-refractivity contribution in [2.75, 3.05) is 19.7 Å². The zero-order valence-electron chi connectivity index (χ0n) is 24.2. The second-order valence-corrected chi connectivity index (χ2v) is 12.7. The number of alkyl carbamates (subject to hydrolysis) is 1. The standard InChI is InChI=1S/C30H46N4O6/c1-5-10-21(25(35)27(37)31-15-6-2)32-26(36)24-22-20(30(22,3)4)16-34(24)28(38)23(19-11-8-7-9-12-19)33-29(39)40-17-18-13-14-18/h6,18-24H,2,5,7-17H2,1,3-4H3,(H,31,37)(H,32,36)(H,33,39)/t20?,21?,22?,23-,24-/m0/s1. The van der Waals surface area contributed by atoms with Crippen molar-refractivity contribution in [2.24, 2.45) is 29.1 Å². The predicted molar refractivity (Wildman–Crippen MR) is 149 cm³/mol. The molecular weight excluding hydrogens is 512 g/mol. The van der Waals surface area contributed by atoms with Gasteiger partial charge >= 0.3 is 6.09 Å². The molecule has 1 heterocycles. The lowest BCUT2D eigenvalue weighted by Gasteiger charge is -2.37. The summed E-state index contributed by atoms with van der Waals surface area (Å²) >= 11 is 0. The normalized spacial score (nSPS) is 26.6. The molecule has 4 fully saturated rings. The van der Waals surface area contributed by atoms with Crippen molar-refractivity contribution in [1.29, 1.82) is 0 Å². The molecule has 3 N–H and O–H groups in total. The molecule has 3 unspecified atom stereocenters. The Hall–Kier alpha value is -2.91. The van der Waals surface area contributed by atoms with Crippen LogP contribution in [0.2, 0.25) is 0 Å². The number of likely N-dealkylation sites (tertiary alicyclic amines) is 1. The van der Waals surface area contributed by atoms with Gasteiger partial charge in [0.1, 0.15) is 12.1 Å². The number of hydrogen-bond acceptors (Lipinski definition) is 6. The molecule has 0 bridgehead atoms. The predicted octanol–water partition coefficient (Wildman–Crippen LogP) is 2.71. The number of carbonyl (C=O) groups excluding carboxylic acids is 5. The molecule has 1 aliphatic heterocycles. The summed E-state index contributed by atoms with van der Waals surface area (Å²) in [5, 5.41) is 8.17. The van der Waals surface area contributed by atoms with E-state index in [1.54, 1.807) is 4.90 Å². The van der Waals surface area contributed by atoms with Gasteiger partial charge in [0.25, 0.3) is 5.91 Å². The maximum Gasteiger partial charge on any atom is 0.407 e. The van der Waals surface area contributed by atoms with E-state index < -0.39 is 41.8 Å². The van der Waals surface area contributed by atoms with Crippen molar-refractivity contribution in [2.45, 2.75) is 96.7 Å². The minimum absolute atomic E-state index is 0.0219. The van der Waals surface area contributed by atoms with E-state index >= 15 is 0 Å². The zero-order valence-corrected chi connectivity index (χ0v) is 24.2. The second-order valence-electron chi connectivity index (χ2n) is 12.7. The third-order valence-electron chi connectivity index (χ3n) is 9.41. The number of piperidine rings is 1. The van der Waals surface area contributed by atoms with Crippen molar-refractivity contribution < 1.29 is 28.7 Å². The topological polar surface area (TPSA) is 134 Å². The molecule has 0 radical (unpaired) electrons. The number of carbonyl (C=O) groups is 5. The molecule has 0 aromatic rings. The Morgan fingerprint density at radius 1 is 1.05 bits per heavy atom. The zero-order chi connectivity index (χ0) is 29.0. The summed E-state index contributed by atoms with van der Waals surface area (Å²) in [6.07, 6.45) is 8.64. The first kappa shape index (κ1) is 30.1. The summed E-state index contributed by atoms with van der Waals surface area (Å²) < 4.78 is 5.41. The Balaban J connectivity index is 1.51. The van der Waals surface area contributed by atoms with Crippen LogP contribution in [0.4, 0.5) is 4.79 Å². The Kier molecular flexibility index (Phi) is 9.56. The van der Waals surface area contributed by atoms with E-state index in [-0.39, 0.29) is 35.6 Å². The fourth-order valence-electron chi connectivity index (χ4n) is 6.71. The van der Waals surface area contributed by atoms with Crippen LogP contribution in [0.5, 0.6) is 0 Å². The van der Waals surface area contributed by atoms with Gasteiger partial charge in [0.2, 0.25) is 17.6 Å². The van der Waals surface area contributed by atoms with Crippen molar-refractivity contribution in [3.63, 3.8) is 0 Å². The van der Waals surface area contributed by atoms with Crippen LogP contribution in [-0.2, 0) is 23.9 Å². The lowest BCUT2D eigenvalue weighted by atomic mass is 9.83. The number of fused-ring (bicyclic) bond motifs is 1. The number of nitrogens with zero attached hydrogens (tertiary/aromatic N) is 1. The van der Waals surface area contributed by atoms with Crippen LogP contribution in [0.1, 0.15) is 78.6 Å². The van der Waals surface area contributed by atoms with Crippen molar-refractivity contribution in [3.05, 3.63) is 12.7 Å². The fraction of sp³-hybridized carbons (Fsp3) is 0.767. The number of amides is 4. The van der Waals surface area contributed by atoms with Crippen LogP contribution in [0.25, 0.3) is 0 Å². The number of nitrogens with one attached hydrogen (secondary N) is 3. The highest BCUT2D eigenvalue weighted by Gasteiger charge is 2.69. The van der Waals surface area contributed by atoms with Crippen LogP contribution in [0.3, 0.4) is 0 Å². The lowest BCUT2D eigenvalue weighted by molar-refractivity contribution is -0.145. The first-order valence-electron chi connectivity index (χ1n) is 15.1. The molecule has 10 nitrogen and oxygen atoms in total. The Morgan fingerprint density at radius 2 is 1.75 bits per heavy atom. The molecule has 0 aromatic carbocycles. The molecular formula is C30H46N4O6. The quantitative estimate of drug-likeness (QED) is 0.235. The van der Waals surface area contributed by atoms with Crippen LogP contribution in [0, 0.1) is 29.1 Å². The Labute approximate surface area is 237 Å². The van der Waals surface area contributed by atoms with Gasteiger partial charge in [-0.1, -0.05) is 52.5 Å². The number of ether oxygens (including phenoxy) is 1. The van der Waals surface area contributed by atoms with E-state index in [0.29, 0.717) is 31.9 Å². The van der Waals surface area contributed by atoms with Gasteiger partial charge in [0, 0.05) is 13.1 Å². The third kappa shape index (κ3) is 6.69. The van der Waals surface area contributed by atoms with Crippen LogP contribution in [0.15, 0.2) is 12.7 Å². The molecule has 3 aliphatic carbocycles. The Bertz CT molecular complexity index is 1000. The molecule has 0 spiro atoms. The summed E-state index contributed by atoms with van der Waals surface area (Å²) in [5.74, 6) is -1.68. The molecule has 10 heteroatoms. The van der Waals surface area contributed by atoms with Crippen LogP contribution >= 0.6 is 0 Å². The number of Topliss-reactive ketones (excluding diaryl/α,β-unsaturated/α-hetero) is 1. The molecule has 222 valence electrons. The first-order valence-corrected chi connectivity index (χ1v) is 15.1. The monoisotopic (exact) mass is 558 g/mol. The highest BCUT2D eigenvalue weighted by atomic mass is 16.5. The average Bonchev–Trinajstić information content (AvgIpc) is 3.81. The lowest BCUT2D eigenvalue weighted by Crippen LogP contribution is -2.59. The van der Waals surface area contributed by atoms with E-state index in [2.05, 4.69) is 36.4 Å². The minimum Gasteiger partial charge on any atom is -0.449 e. The number of rotatable bonds is 13. The second kappa shape index (κ2) is 12.7. The van der Waals surface area contributed by atoms with Crippen molar-refractivity contribution in [3.8, 4) is 0 Å². The van der Waals surface area contributed by atoms with Crippen molar-refractivity contribution >= 4 is 29.6 Å². The van der Waals surface area contributed by atoms with Gasteiger partial charge in [0.15, 0.2) is 0 Å². The maximum atomic E-state index is 14.1. The maximum absolute atomic E-state index is 14.1. The highest BCUT2D eigenvalue weighted by molar-refractivity contribution is 6.38. The van der Waals surface area contributed by atoms with E-state index in [4.69, 9.17) is 4.74 Å². The Morgan fingerprint density at radius 3 is 2.38 bits per heavy atom. The smallest absolute Gasteiger partial charge is 0.407 e. The summed E-state index contributed by atoms with van der Waals surface area (Å²) in [4.78, 5) is 67.5. The van der Waals surface area contributed by atoms with E-state index in [1.165, 1.54) is 6.08 Å². The highest BCUT2D eigenvalue weighted by Crippen LogP contribution is 2.65. The summed E-state index contributed by atoms with van der Waals surface area (Å²) in [7, 11) is 0. The van der Waals surface area contributed by atoms with Crippen LogP contribution in [-0.4, -0.2) is 72.3 Å². The van der Waals surface area contributed by atoms with E-state index in [1.807, 2.05) is 6.92 Å². The SMILES string of the molecule is C=CCNC(=O)C(=O)C(CCC)NC(=O)[C@@H]1C2C(CN1C(=O)[C@@H](NC(=O)OCC1CC1)C1CCCCC1)C2(C)C. The van der Waals surface area contributed by atoms with Gasteiger partial charge in [0.05, 0.1) is 12.6 Å². The molecule has 40 heavy (non-hydrogen) atoms. The van der Waals surface area contributed by atoms with Gasteiger partial charge in [-0.25, -0.2) is 4.79 Å². The summed E-state index contributed by atoms with van der Waals surface area (Å²) in [5.41, 5.74) is -0.124. The average molecular weight is 559 g/mol. The van der Waals surface area contributed by atoms with Crippen molar-refractivity contribution in [1.82, 2.24) is 20.9 Å². The third-order valence-corrected chi connectivity index (χ3v) is 9.41. The molecule has 4 aliphatic rings. The fourth-order valence-corrected chi connectivity index (χ4v) is 6.71. The number of ketones is 1. The van der Waals surface area contributed by atoms with Gasteiger partial charge in [-0.3, -0.25) is 19.2 Å². The summed E-state index contributed by atoms with van der Waals surface area (Å²) in [6.45, 7) is 10.5. The molecule has 4 rings (SSSR count). The summed E-state index contributed by atoms with van der Waals surface area (Å²) in [6, 6.07) is -2.52. The molecule has 5 atom stereocenters. The molecule has 0 aromatic heterocycles.